The lowest BCUT2D eigenvalue weighted by molar-refractivity contribution is 0.0697. The van der Waals surface area contributed by atoms with E-state index in [-0.39, 0.29) is 17.1 Å². The van der Waals surface area contributed by atoms with Crippen molar-refractivity contribution in [3.8, 4) is 11.6 Å². The molecule has 0 atom stereocenters. The van der Waals surface area contributed by atoms with Crippen LogP contribution in [0.1, 0.15) is 22.8 Å². The normalized spacial score (nSPS) is 10.2. The summed E-state index contributed by atoms with van der Waals surface area (Å²) in [5, 5.41) is 8.98. The van der Waals surface area contributed by atoms with Gasteiger partial charge in [0.25, 0.3) is 0 Å². The van der Waals surface area contributed by atoms with Crippen LogP contribution in [0.5, 0.6) is 11.6 Å². The molecule has 0 spiro atoms. The maximum absolute atomic E-state index is 11.0. The van der Waals surface area contributed by atoms with Gasteiger partial charge in [0.2, 0.25) is 5.88 Å². The highest BCUT2D eigenvalue weighted by atomic mass is 16.5. The fourth-order valence-electron chi connectivity index (χ4n) is 1.66. The number of anilines is 1. The Hall–Kier alpha value is -2.56. The van der Waals surface area contributed by atoms with Gasteiger partial charge in [0.05, 0.1) is 5.56 Å². The summed E-state index contributed by atoms with van der Waals surface area (Å²) in [5.74, 6) is -0.415. The van der Waals surface area contributed by atoms with E-state index in [2.05, 4.69) is 4.98 Å². The van der Waals surface area contributed by atoms with Crippen molar-refractivity contribution in [3.05, 3.63) is 47.7 Å². The molecule has 5 heteroatoms. The molecule has 0 saturated heterocycles. The molecule has 0 radical (unpaired) electrons. The minimum absolute atomic E-state index is 0.0170. The molecule has 1 aromatic heterocycles. The SMILES string of the molecule is CCc1cccc(Oc2nccc(C(=O)O)c2N)c1. The van der Waals surface area contributed by atoms with Gasteiger partial charge in [-0.05, 0) is 30.2 Å². The fourth-order valence-corrected chi connectivity index (χ4v) is 1.66. The maximum atomic E-state index is 11.0. The number of aryl methyl sites for hydroxylation is 1. The molecule has 0 aliphatic rings. The standard InChI is InChI=1S/C14H14N2O3/c1-2-9-4-3-5-10(8-9)19-13-12(15)11(14(17)18)6-7-16-13/h3-8H,2,15H2,1H3,(H,17,18). The molecule has 0 unspecified atom stereocenters. The maximum Gasteiger partial charge on any atom is 0.338 e. The van der Waals surface area contributed by atoms with Gasteiger partial charge < -0.3 is 15.6 Å². The molecule has 0 bridgehead atoms. The van der Waals surface area contributed by atoms with Gasteiger partial charge in [-0.25, -0.2) is 9.78 Å². The number of rotatable bonds is 4. The van der Waals surface area contributed by atoms with E-state index in [0.717, 1.165) is 12.0 Å². The van der Waals surface area contributed by atoms with Crippen molar-refractivity contribution < 1.29 is 14.6 Å². The van der Waals surface area contributed by atoms with E-state index in [1.165, 1.54) is 12.3 Å². The third kappa shape index (κ3) is 2.82. The number of carbonyl (C=O) groups is 1. The summed E-state index contributed by atoms with van der Waals surface area (Å²) in [4.78, 5) is 14.9. The van der Waals surface area contributed by atoms with E-state index in [0.29, 0.717) is 5.75 Å². The molecule has 0 fully saturated rings. The highest BCUT2D eigenvalue weighted by Gasteiger charge is 2.13. The van der Waals surface area contributed by atoms with E-state index in [9.17, 15) is 4.79 Å². The third-order valence-corrected chi connectivity index (χ3v) is 2.71. The smallest absolute Gasteiger partial charge is 0.338 e. The fraction of sp³-hybridized carbons (Fsp3) is 0.143. The minimum Gasteiger partial charge on any atom is -0.478 e. The Kier molecular flexibility index (Phi) is 3.66. The van der Waals surface area contributed by atoms with Crippen LogP contribution in [0.3, 0.4) is 0 Å². The van der Waals surface area contributed by atoms with E-state index in [4.69, 9.17) is 15.6 Å². The van der Waals surface area contributed by atoms with Crippen molar-refractivity contribution in [2.75, 3.05) is 5.73 Å². The van der Waals surface area contributed by atoms with Crippen LogP contribution in [0.15, 0.2) is 36.5 Å². The third-order valence-electron chi connectivity index (χ3n) is 2.71. The molecule has 19 heavy (non-hydrogen) atoms. The molecule has 0 saturated carbocycles. The first kappa shape index (κ1) is 12.9. The molecule has 98 valence electrons. The quantitative estimate of drug-likeness (QED) is 0.880. The zero-order chi connectivity index (χ0) is 13.8. The van der Waals surface area contributed by atoms with Crippen LogP contribution in [-0.4, -0.2) is 16.1 Å². The average molecular weight is 258 g/mol. The lowest BCUT2D eigenvalue weighted by Gasteiger charge is -2.09. The summed E-state index contributed by atoms with van der Waals surface area (Å²) < 4.78 is 5.54. The Morgan fingerprint density at radius 1 is 1.42 bits per heavy atom. The molecule has 2 aromatic rings. The van der Waals surface area contributed by atoms with Gasteiger partial charge in [-0.3, -0.25) is 0 Å². The summed E-state index contributed by atoms with van der Waals surface area (Å²) >= 11 is 0. The van der Waals surface area contributed by atoms with E-state index < -0.39 is 5.97 Å². The van der Waals surface area contributed by atoms with Crippen molar-refractivity contribution in [2.45, 2.75) is 13.3 Å². The zero-order valence-electron chi connectivity index (χ0n) is 10.5. The molecule has 0 amide bonds. The van der Waals surface area contributed by atoms with Crippen LogP contribution in [-0.2, 0) is 6.42 Å². The van der Waals surface area contributed by atoms with Crippen molar-refractivity contribution in [3.63, 3.8) is 0 Å². The van der Waals surface area contributed by atoms with Crippen molar-refractivity contribution in [1.82, 2.24) is 4.98 Å². The first-order chi connectivity index (χ1) is 9.11. The van der Waals surface area contributed by atoms with Crippen LogP contribution in [0.4, 0.5) is 5.69 Å². The number of hydrogen-bond acceptors (Lipinski definition) is 4. The number of benzene rings is 1. The lowest BCUT2D eigenvalue weighted by atomic mass is 10.2. The second kappa shape index (κ2) is 5.39. The number of aromatic carboxylic acids is 1. The minimum atomic E-state index is -1.10. The molecular weight excluding hydrogens is 244 g/mol. The highest BCUT2D eigenvalue weighted by molar-refractivity contribution is 5.94. The summed E-state index contributed by atoms with van der Waals surface area (Å²) in [5.41, 5.74) is 6.86. The van der Waals surface area contributed by atoms with Crippen LogP contribution >= 0.6 is 0 Å². The Balaban J connectivity index is 2.33. The van der Waals surface area contributed by atoms with Crippen LogP contribution in [0.25, 0.3) is 0 Å². The summed E-state index contributed by atoms with van der Waals surface area (Å²) in [6.07, 6.45) is 2.24. The first-order valence-electron chi connectivity index (χ1n) is 5.86. The average Bonchev–Trinajstić information content (AvgIpc) is 2.41. The Labute approximate surface area is 110 Å². The van der Waals surface area contributed by atoms with Gasteiger partial charge >= 0.3 is 5.97 Å². The highest BCUT2D eigenvalue weighted by Crippen LogP contribution is 2.28. The molecular formula is C14H14N2O3. The molecule has 0 aliphatic heterocycles. The number of nitrogen functional groups attached to an aromatic ring is 1. The molecule has 1 aromatic carbocycles. The first-order valence-corrected chi connectivity index (χ1v) is 5.86. The predicted octanol–water partition coefficient (Wildman–Crippen LogP) is 2.72. The van der Waals surface area contributed by atoms with Crippen molar-refractivity contribution in [2.24, 2.45) is 0 Å². The van der Waals surface area contributed by atoms with Gasteiger partial charge in [-0.15, -0.1) is 0 Å². The molecule has 5 nitrogen and oxygen atoms in total. The van der Waals surface area contributed by atoms with Gasteiger partial charge in [0, 0.05) is 6.20 Å². The summed E-state index contributed by atoms with van der Waals surface area (Å²) in [6, 6.07) is 8.83. The van der Waals surface area contributed by atoms with Gasteiger partial charge in [-0.2, -0.15) is 0 Å². The van der Waals surface area contributed by atoms with E-state index >= 15 is 0 Å². The summed E-state index contributed by atoms with van der Waals surface area (Å²) in [6.45, 7) is 2.04. The van der Waals surface area contributed by atoms with Crippen molar-refractivity contribution in [1.29, 1.82) is 0 Å². The zero-order valence-corrected chi connectivity index (χ0v) is 10.5. The monoisotopic (exact) mass is 258 g/mol. The molecule has 1 heterocycles. The van der Waals surface area contributed by atoms with Crippen molar-refractivity contribution >= 4 is 11.7 Å². The molecule has 2 rings (SSSR count). The number of carboxylic acid groups (broad SMARTS) is 1. The summed E-state index contributed by atoms with van der Waals surface area (Å²) in [7, 11) is 0. The number of nitrogens with zero attached hydrogens (tertiary/aromatic N) is 1. The second-order valence-electron chi connectivity index (χ2n) is 3.99. The molecule has 3 N–H and O–H groups in total. The van der Waals surface area contributed by atoms with E-state index in [1.54, 1.807) is 6.07 Å². The largest absolute Gasteiger partial charge is 0.478 e. The number of ether oxygens (including phenoxy) is 1. The van der Waals surface area contributed by atoms with Crippen LogP contribution < -0.4 is 10.5 Å². The lowest BCUT2D eigenvalue weighted by Crippen LogP contribution is -2.05. The second-order valence-corrected chi connectivity index (χ2v) is 3.99. The molecule has 0 aliphatic carbocycles. The van der Waals surface area contributed by atoms with Crippen LogP contribution in [0, 0.1) is 0 Å². The number of aromatic nitrogens is 1. The van der Waals surface area contributed by atoms with Crippen LogP contribution in [0.2, 0.25) is 0 Å². The Morgan fingerprint density at radius 2 is 2.21 bits per heavy atom. The topological polar surface area (TPSA) is 85.4 Å². The predicted molar refractivity (Wildman–Crippen MR) is 71.5 cm³/mol. The van der Waals surface area contributed by atoms with Gasteiger partial charge in [-0.1, -0.05) is 19.1 Å². The van der Waals surface area contributed by atoms with E-state index in [1.807, 2.05) is 25.1 Å². The Morgan fingerprint density at radius 3 is 2.89 bits per heavy atom. The number of carboxylic acids is 1. The van der Waals surface area contributed by atoms with Gasteiger partial charge in [0.1, 0.15) is 11.4 Å². The van der Waals surface area contributed by atoms with Gasteiger partial charge in [0.15, 0.2) is 0 Å². The Bertz CT molecular complexity index is 611. The number of hydrogen-bond donors (Lipinski definition) is 2. The number of pyridine rings is 1. The number of nitrogens with two attached hydrogens (primary N) is 1.